The second kappa shape index (κ2) is 10.7. The lowest BCUT2D eigenvalue weighted by Gasteiger charge is -2.29. The number of amides is 1. The molecule has 30 heavy (non-hydrogen) atoms. The molecule has 0 spiro atoms. The second-order valence-electron chi connectivity index (χ2n) is 8.53. The van der Waals surface area contributed by atoms with E-state index in [2.05, 4.69) is 29.2 Å². The summed E-state index contributed by atoms with van der Waals surface area (Å²) in [6.07, 6.45) is 0. The maximum Gasteiger partial charge on any atom is 0.225 e. The van der Waals surface area contributed by atoms with Crippen LogP contribution in [0.1, 0.15) is 30.9 Å². The summed E-state index contributed by atoms with van der Waals surface area (Å²) in [6.45, 7) is 8.38. The highest BCUT2D eigenvalue weighted by molar-refractivity contribution is 5.78. The third-order valence-corrected chi connectivity index (χ3v) is 5.89. The number of carbonyl (C=O) groups is 1. The fourth-order valence-corrected chi connectivity index (χ4v) is 4.35. The van der Waals surface area contributed by atoms with Crippen LogP contribution in [-0.2, 0) is 16.1 Å². The zero-order valence-corrected chi connectivity index (χ0v) is 18.3. The Bertz CT molecular complexity index is 795. The standard InChI is InChI=1S/C25H33FN2O2/c1-19(2)25(29)28(13-14-30-3)17-22-16-27(15-20-7-5-4-6-8-20)18-24(22)21-9-11-23(26)12-10-21/h4-12,19,22,24H,13-18H2,1-3H3. The first-order valence-electron chi connectivity index (χ1n) is 10.8. The molecule has 0 N–H and O–H groups in total. The topological polar surface area (TPSA) is 32.8 Å². The van der Waals surface area contributed by atoms with Gasteiger partial charge in [0.05, 0.1) is 6.61 Å². The van der Waals surface area contributed by atoms with Crippen LogP contribution in [0.15, 0.2) is 54.6 Å². The van der Waals surface area contributed by atoms with E-state index in [1.54, 1.807) is 7.11 Å². The first kappa shape index (κ1) is 22.4. The van der Waals surface area contributed by atoms with E-state index >= 15 is 0 Å². The van der Waals surface area contributed by atoms with Crippen molar-refractivity contribution in [2.45, 2.75) is 26.3 Å². The third-order valence-electron chi connectivity index (χ3n) is 5.89. The molecule has 162 valence electrons. The van der Waals surface area contributed by atoms with Gasteiger partial charge in [-0.2, -0.15) is 0 Å². The fourth-order valence-electron chi connectivity index (χ4n) is 4.35. The number of rotatable bonds is 9. The normalized spacial score (nSPS) is 19.4. The van der Waals surface area contributed by atoms with Crippen molar-refractivity contribution in [3.05, 3.63) is 71.5 Å². The molecule has 4 nitrogen and oxygen atoms in total. The summed E-state index contributed by atoms with van der Waals surface area (Å²) in [4.78, 5) is 17.2. The Hall–Kier alpha value is -2.24. The minimum Gasteiger partial charge on any atom is -0.383 e. The predicted octanol–water partition coefficient (Wildman–Crippen LogP) is 4.17. The zero-order chi connectivity index (χ0) is 21.5. The van der Waals surface area contributed by atoms with Crippen LogP contribution < -0.4 is 0 Å². The molecule has 0 radical (unpaired) electrons. The van der Waals surface area contributed by atoms with Crippen molar-refractivity contribution in [2.24, 2.45) is 11.8 Å². The number of carbonyl (C=O) groups excluding carboxylic acids is 1. The van der Waals surface area contributed by atoms with Crippen LogP contribution in [0.25, 0.3) is 0 Å². The lowest BCUT2D eigenvalue weighted by molar-refractivity contribution is -0.135. The zero-order valence-electron chi connectivity index (χ0n) is 18.3. The van der Waals surface area contributed by atoms with Gasteiger partial charge in [0.25, 0.3) is 0 Å². The monoisotopic (exact) mass is 412 g/mol. The maximum atomic E-state index is 13.5. The first-order valence-corrected chi connectivity index (χ1v) is 10.8. The van der Waals surface area contributed by atoms with Crippen LogP contribution in [0.2, 0.25) is 0 Å². The average molecular weight is 413 g/mol. The van der Waals surface area contributed by atoms with Gasteiger partial charge in [0.2, 0.25) is 5.91 Å². The third kappa shape index (κ3) is 5.89. The number of hydrogen-bond acceptors (Lipinski definition) is 3. The van der Waals surface area contributed by atoms with Gasteiger partial charge >= 0.3 is 0 Å². The molecule has 2 unspecified atom stereocenters. The van der Waals surface area contributed by atoms with Gasteiger partial charge in [0.1, 0.15) is 5.82 Å². The van der Waals surface area contributed by atoms with Crippen LogP contribution in [-0.4, -0.2) is 55.6 Å². The summed E-state index contributed by atoms with van der Waals surface area (Å²) >= 11 is 0. The highest BCUT2D eigenvalue weighted by Crippen LogP contribution is 2.34. The van der Waals surface area contributed by atoms with Gasteiger partial charge < -0.3 is 9.64 Å². The van der Waals surface area contributed by atoms with E-state index in [1.807, 2.05) is 36.9 Å². The molecular weight excluding hydrogens is 379 g/mol. The number of nitrogens with zero attached hydrogens (tertiary/aromatic N) is 2. The molecule has 1 aliphatic heterocycles. The van der Waals surface area contributed by atoms with E-state index in [0.29, 0.717) is 25.6 Å². The van der Waals surface area contributed by atoms with Crippen molar-refractivity contribution in [1.82, 2.24) is 9.80 Å². The first-order chi connectivity index (χ1) is 14.5. The SMILES string of the molecule is COCCN(CC1CN(Cc2ccccc2)CC1c1ccc(F)cc1)C(=O)C(C)C. The van der Waals surface area contributed by atoms with E-state index < -0.39 is 0 Å². The second-order valence-corrected chi connectivity index (χ2v) is 8.53. The molecule has 1 saturated heterocycles. The molecule has 3 rings (SSSR count). The molecule has 2 aromatic rings. The molecule has 1 aliphatic rings. The molecule has 0 saturated carbocycles. The fraction of sp³-hybridized carbons (Fsp3) is 0.480. The number of hydrogen-bond donors (Lipinski definition) is 0. The van der Waals surface area contributed by atoms with Crippen LogP contribution in [0.4, 0.5) is 4.39 Å². The number of likely N-dealkylation sites (tertiary alicyclic amines) is 1. The largest absolute Gasteiger partial charge is 0.383 e. The molecule has 0 aliphatic carbocycles. The van der Waals surface area contributed by atoms with Gasteiger partial charge in [0, 0.05) is 51.7 Å². The Morgan fingerprint density at radius 1 is 1.13 bits per heavy atom. The highest BCUT2D eigenvalue weighted by Gasteiger charge is 2.36. The number of methoxy groups -OCH3 is 1. The molecule has 2 atom stereocenters. The van der Waals surface area contributed by atoms with E-state index in [-0.39, 0.29) is 23.6 Å². The van der Waals surface area contributed by atoms with Gasteiger partial charge in [0.15, 0.2) is 0 Å². The number of ether oxygens (including phenoxy) is 1. The van der Waals surface area contributed by atoms with Gasteiger partial charge in [-0.15, -0.1) is 0 Å². The Balaban J connectivity index is 1.79. The molecule has 0 aromatic heterocycles. The molecule has 2 aromatic carbocycles. The van der Waals surface area contributed by atoms with Crippen molar-refractivity contribution in [1.29, 1.82) is 0 Å². The summed E-state index contributed by atoms with van der Waals surface area (Å²) in [5.74, 6) is 0.448. The Kier molecular flexibility index (Phi) is 8.00. The van der Waals surface area contributed by atoms with Crippen molar-refractivity contribution < 1.29 is 13.9 Å². The molecule has 1 heterocycles. The minimum absolute atomic E-state index is 0.0482. The van der Waals surface area contributed by atoms with Crippen LogP contribution in [0.3, 0.4) is 0 Å². The summed E-state index contributed by atoms with van der Waals surface area (Å²) in [5, 5.41) is 0. The van der Waals surface area contributed by atoms with E-state index in [1.165, 1.54) is 17.7 Å². The van der Waals surface area contributed by atoms with E-state index in [9.17, 15) is 9.18 Å². The number of halogens is 1. The van der Waals surface area contributed by atoms with E-state index in [4.69, 9.17) is 4.74 Å². The molecule has 1 fully saturated rings. The molecule has 5 heteroatoms. The summed E-state index contributed by atoms with van der Waals surface area (Å²) in [5.41, 5.74) is 2.42. The van der Waals surface area contributed by atoms with Crippen LogP contribution >= 0.6 is 0 Å². The smallest absolute Gasteiger partial charge is 0.225 e. The van der Waals surface area contributed by atoms with Crippen LogP contribution in [0, 0.1) is 17.7 Å². The Labute approximate surface area is 179 Å². The van der Waals surface area contributed by atoms with Gasteiger partial charge in [-0.25, -0.2) is 4.39 Å². The van der Waals surface area contributed by atoms with Gasteiger partial charge in [-0.05, 0) is 29.2 Å². The van der Waals surface area contributed by atoms with Crippen LogP contribution in [0.5, 0.6) is 0 Å². The summed E-state index contributed by atoms with van der Waals surface area (Å²) in [6, 6.07) is 17.3. The quantitative estimate of drug-likeness (QED) is 0.620. The molecular formula is C25H33FN2O2. The van der Waals surface area contributed by atoms with Crippen molar-refractivity contribution in [3.8, 4) is 0 Å². The Morgan fingerprint density at radius 3 is 2.47 bits per heavy atom. The molecule has 0 bridgehead atoms. The predicted molar refractivity (Wildman–Crippen MR) is 118 cm³/mol. The number of benzene rings is 2. The minimum atomic E-state index is -0.217. The van der Waals surface area contributed by atoms with E-state index in [0.717, 1.165) is 25.2 Å². The van der Waals surface area contributed by atoms with Gasteiger partial charge in [-0.1, -0.05) is 56.3 Å². The summed E-state index contributed by atoms with van der Waals surface area (Å²) in [7, 11) is 1.66. The maximum absolute atomic E-state index is 13.5. The average Bonchev–Trinajstić information content (AvgIpc) is 3.13. The summed E-state index contributed by atoms with van der Waals surface area (Å²) < 4.78 is 18.7. The van der Waals surface area contributed by atoms with Crippen molar-refractivity contribution >= 4 is 5.91 Å². The highest BCUT2D eigenvalue weighted by atomic mass is 19.1. The van der Waals surface area contributed by atoms with Gasteiger partial charge in [-0.3, -0.25) is 9.69 Å². The lowest BCUT2D eigenvalue weighted by Crippen LogP contribution is -2.41. The molecule has 1 amide bonds. The Morgan fingerprint density at radius 2 is 1.83 bits per heavy atom. The van der Waals surface area contributed by atoms with Crippen molar-refractivity contribution in [3.63, 3.8) is 0 Å². The lowest BCUT2D eigenvalue weighted by atomic mass is 9.88. The van der Waals surface area contributed by atoms with Crippen molar-refractivity contribution in [2.75, 3.05) is 39.9 Å².